The van der Waals surface area contributed by atoms with Gasteiger partial charge in [0, 0.05) is 12.6 Å². The lowest BCUT2D eigenvalue weighted by atomic mass is 10.2. The maximum Gasteiger partial charge on any atom is 0.323 e. The molecule has 2 N–H and O–H groups in total. The summed E-state index contributed by atoms with van der Waals surface area (Å²) < 4.78 is 0. The molecular weight excluding hydrogens is 208 g/mol. The molecule has 1 rings (SSSR count). The molecule has 0 heterocycles. The van der Waals surface area contributed by atoms with Crippen LogP contribution in [0.2, 0.25) is 0 Å². The van der Waals surface area contributed by atoms with Gasteiger partial charge < -0.3 is 15.3 Å². The molecule has 0 atom stereocenters. The fourth-order valence-corrected chi connectivity index (χ4v) is 1.54. The highest BCUT2D eigenvalue weighted by molar-refractivity contribution is 5.80. The number of carboxylic acid groups (broad SMARTS) is 1. The van der Waals surface area contributed by atoms with Crippen LogP contribution in [0, 0.1) is 0 Å². The summed E-state index contributed by atoms with van der Waals surface area (Å²) in [7, 11) is 0. The molecule has 0 spiro atoms. The first-order valence-corrected chi connectivity index (χ1v) is 5.16. The second kappa shape index (κ2) is 5.95. The summed E-state index contributed by atoms with van der Waals surface area (Å²) >= 11 is 0. The molecule has 0 aromatic carbocycles. The smallest absolute Gasteiger partial charge is 0.323 e. The zero-order valence-corrected chi connectivity index (χ0v) is 9.06. The van der Waals surface area contributed by atoms with Crippen LogP contribution in [-0.4, -0.2) is 41.1 Å². The van der Waals surface area contributed by atoms with Crippen molar-refractivity contribution >= 4 is 12.0 Å². The number of hydrogen-bond acceptors (Lipinski definition) is 2. The minimum absolute atomic E-state index is 0.0913. The Morgan fingerprint density at radius 2 is 2.12 bits per heavy atom. The van der Waals surface area contributed by atoms with Crippen molar-refractivity contribution in [2.45, 2.75) is 18.9 Å². The summed E-state index contributed by atoms with van der Waals surface area (Å²) in [6.45, 7) is 3.42. The van der Waals surface area contributed by atoms with E-state index in [-0.39, 0.29) is 25.2 Å². The van der Waals surface area contributed by atoms with Crippen LogP contribution in [0.25, 0.3) is 0 Å². The monoisotopic (exact) mass is 224 g/mol. The van der Waals surface area contributed by atoms with Crippen molar-refractivity contribution in [3.63, 3.8) is 0 Å². The quantitative estimate of drug-likeness (QED) is 0.684. The molecule has 5 nitrogen and oxygen atoms in total. The maximum atomic E-state index is 11.7. The normalized spacial score (nSPS) is 14.8. The lowest BCUT2D eigenvalue weighted by molar-refractivity contribution is -0.137. The van der Waals surface area contributed by atoms with Crippen LogP contribution in [0.5, 0.6) is 0 Å². The minimum Gasteiger partial charge on any atom is -0.480 e. The van der Waals surface area contributed by atoms with Crippen LogP contribution in [0.15, 0.2) is 24.8 Å². The summed E-state index contributed by atoms with van der Waals surface area (Å²) in [6, 6.07) is -0.260. The SMILES string of the molecule is C=CCN(CC(=O)O)C(=O)NC1CC=CC1. The van der Waals surface area contributed by atoms with Gasteiger partial charge in [-0.1, -0.05) is 18.2 Å². The molecular formula is C11H16N2O3. The van der Waals surface area contributed by atoms with E-state index in [0.29, 0.717) is 0 Å². The van der Waals surface area contributed by atoms with Crippen LogP contribution in [0.4, 0.5) is 4.79 Å². The number of carbonyl (C=O) groups excluding carboxylic acids is 1. The molecule has 2 amide bonds. The molecule has 0 radical (unpaired) electrons. The largest absolute Gasteiger partial charge is 0.480 e. The van der Waals surface area contributed by atoms with E-state index in [9.17, 15) is 9.59 Å². The van der Waals surface area contributed by atoms with Crippen LogP contribution in [0.1, 0.15) is 12.8 Å². The van der Waals surface area contributed by atoms with Crippen LogP contribution >= 0.6 is 0 Å². The third-order valence-electron chi connectivity index (χ3n) is 2.30. The van der Waals surface area contributed by atoms with Gasteiger partial charge in [-0.25, -0.2) is 4.79 Å². The Morgan fingerprint density at radius 3 is 2.62 bits per heavy atom. The van der Waals surface area contributed by atoms with E-state index in [4.69, 9.17) is 5.11 Å². The molecule has 1 aliphatic carbocycles. The molecule has 0 aromatic rings. The van der Waals surface area contributed by atoms with Crippen LogP contribution < -0.4 is 5.32 Å². The molecule has 0 aromatic heterocycles. The van der Waals surface area contributed by atoms with E-state index in [1.54, 1.807) is 0 Å². The summed E-state index contributed by atoms with van der Waals surface area (Å²) in [5.74, 6) is -1.03. The summed E-state index contributed by atoms with van der Waals surface area (Å²) in [5, 5.41) is 11.4. The highest BCUT2D eigenvalue weighted by Gasteiger charge is 2.19. The lowest BCUT2D eigenvalue weighted by Gasteiger charge is -2.22. The van der Waals surface area contributed by atoms with Crippen molar-refractivity contribution in [3.05, 3.63) is 24.8 Å². The van der Waals surface area contributed by atoms with Crippen molar-refractivity contribution in [2.24, 2.45) is 0 Å². The average Bonchev–Trinajstić information content (AvgIpc) is 2.69. The van der Waals surface area contributed by atoms with Crippen molar-refractivity contribution in [3.8, 4) is 0 Å². The van der Waals surface area contributed by atoms with Crippen LogP contribution in [-0.2, 0) is 4.79 Å². The van der Waals surface area contributed by atoms with Gasteiger partial charge in [-0.05, 0) is 12.8 Å². The molecule has 88 valence electrons. The van der Waals surface area contributed by atoms with Gasteiger partial charge in [-0.2, -0.15) is 0 Å². The molecule has 16 heavy (non-hydrogen) atoms. The average molecular weight is 224 g/mol. The zero-order valence-electron chi connectivity index (χ0n) is 9.06. The third kappa shape index (κ3) is 3.76. The molecule has 0 saturated heterocycles. The minimum atomic E-state index is -1.03. The molecule has 5 heteroatoms. The topological polar surface area (TPSA) is 69.6 Å². The molecule has 0 unspecified atom stereocenters. The second-order valence-electron chi connectivity index (χ2n) is 3.65. The first-order chi connectivity index (χ1) is 7.63. The van der Waals surface area contributed by atoms with Gasteiger partial charge in [0.15, 0.2) is 0 Å². The number of urea groups is 1. The number of aliphatic carboxylic acids is 1. The van der Waals surface area contributed by atoms with Crippen molar-refractivity contribution in [1.29, 1.82) is 0 Å². The van der Waals surface area contributed by atoms with Gasteiger partial charge in [0.05, 0.1) is 0 Å². The molecule has 0 saturated carbocycles. The standard InChI is InChI=1S/C11H16N2O3/c1-2-7-13(8-10(14)15)11(16)12-9-5-3-4-6-9/h2-4,9H,1,5-8H2,(H,12,16)(H,14,15). The van der Waals surface area contributed by atoms with Crippen molar-refractivity contribution in [2.75, 3.05) is 13.1 Å². The number of nitrogens with zero attached hydrogens (tertiary/aromatic N) is 1. The lowest BCUT2D eigenvalue weighted by Crippen LogP contribution is -2.46. The Bertz CT molecular complexity index is 304. The summed E-state index contributed by atoms with van der Waals surface area (Å²) in [5.41, 5.74) is 0. The van der Waals surface area contributed by atoms with Gasteiger partial charge in [-0.15, -0.1) is 6.58 Å². The Morgan fingerprint density at radius 1 is 1.50 bits per heavy atom. The highest BCUT2D eigenvalue weighted by Crippen LogP contribution is 2.09. The molecule has 0 bridgehead atoms. The first kappa shape index (κ1) is 12.3. The number of amides is 2. The van der Waals surface area contributed by atoms with E-state index in [2.05, 4.69) is 11.9 Å². The fraction of sp³-hybridized carbons (Fsp3) is 0.455. The Balaban J connectivity index is 2.45. The molecule has 1 aliphatic rings. The number of rotatable bonds is 5. The van der Waals surface area contributed by atoms with Gasteiger partial charge >= 0.3 is 12.0 Å². The van der Waals surface area contributed by atoms with E-state index < -0.39 is 5.97 Å². The van der Waals surface area contributed by atoms with Crippen LogP contribution in [0.3, 0.4) is 0 Å². The predicted octanol–water partition coefficient (Wildman–Crippen LogP) is 0.987. The number of carbonyl (C=O) groups is 2. The van der Waals surface area contributed by atoms with E-state index in [1.807, 2.05) is 12.2 Å². The van der Waals surface area contributed by atoms with Gasteiger partial charge in [0.2, 0.25) is 0 Å². The molecule has 0 fully saturated rings. The molecule has 0 aliphatic heterocycles. The highest BCUT2D eigenvalue weighted by atomic mass is 16.4. The summed E-state index contributed by atoms with van der Waals surface area (Å²) in [6.07, 6.45) is 7.12. The van der Waals surface area contributed by atoms with Crippen molar-refractivity contribution in [1.82, 2.24) is 10.2 Å². The fourth-order valence-electron chi connectivity index (χ4n) is 1.54. The predicted molar refractivity (Wildman–Crippen MR) is 60.1 cm³/mol. The number of nitrogens with one attached hydrogen (secondary N) is 1. The van der Waals surface area contributed by atoms with E-state index >= 15 is 0 Å². The Kier molecular flexibility index (Phi) is 4.57. The van der Waals surface area contributed by atoms with Gasteiger partial charge in [0.1, 0.15) is 6.54 Å². The third-order valence-corrected chi connectivity index (χ3v) is 2.30. The zero-order chi connectivity index (χ0) is 12.0. The van der Waals surface area contributed by atoms with Gasteiger partial charge in [-0.3, -0.25) is 4.79 Å². The second-order valence-corrected chi connectivity index (χ2v) is 3.65. The number of carboxylic acids is 1. The van der Waals surface area contributed by atoms with Crippen molar-refractivity contribution < 1.29 is 14.7 Å². The Labute approximate surface area is 94.4 Å². The summed E-state index contributed by atoms with van der Waals surface area (Å²) in [4.78, 5) is 23.5. The number of hydrogen-bond donors (Lipinski definition) is 2. The first-order valence-electron chi connectivity index (χ1n) is 5.16. The maximum absolute atomic E-state index is 11.7. The van der Waals surface area contributed by atoms with E-state index in [1.165, 1.54) is 11.0 Å². The van der Waals surface area contributed by atoms with Gasteiger partial charge in [0.25, 0.3) is 0 Å². The Hall–Kier alpha value is -1.78. The van der Waals surface area contributed by atoms with E-state index in [0.717, 1.165) is 12.8 Å².